The number of rotatable bonds is 5. The Morgan fingerprint density at radius 2 is 2.00 bits per heavy atom. The summed E-state index contributed by atoms with van der Waals surface area (Å²) < 4.78 is 52.4. The maximum atomic E-state index is 13.4. The molecule has 0 aliphatic heterocycles. The van der Waals surface area contributed by atoms with Crippen LogP contribution in [0.2, 0.25) is 0 Å². The second-order valence-electron chi connectivity index (χ2n) is 4.23. The van der Waals surface area contributed by atoms with Gasteiger partial charge in [-0.25, -0.2) is 21.9 Å². The summed E-state index contributed by atoms with van der Waals surface area (Å²) in [6, 6.07) is 2.30. The lowest BCUT2D eigenvalue weighted by atomic mass is 10.0. The van der Waals surface area contributed by atoms with Crippen LogP contribution < -0.4 is 4.72 Å². The lowest BCUT2D eigenvalue weighted by Gasteiger charge is -2.26. The predicted molar refractivity (Wildman–Crippen MR) is 66.1 cm³/mol. The fourth-order valence-corrected chi connectivity index (χ4v) is 3.14. The van der Waals surface area contributed by atoms with Gasteiger partial charge in [0.05, 0.1) is 0 Å². The van der Waals surface area contributed by atoms with E-state index in [0.717, 1.165) is 12.1 Å². The third-order valence-corrected chi connectivity index (χ3v) is 4.90. The second kappa shape index (κ2) is 5.50. The molecule has 18 heavy (non-hydrogen) atoms. The van der Waals surface area contributed by atoms with Gasteiger partial charge < -0.3 is 0 Å². The first-order chi connectivity index (χ1) is 8.24. The van der Waals surface area contributed by atoms with Crippen LogP contribution in [-0.4, -0.2) is 19.8 Å². The molecule has 1 rings (SSSR count). The van der Waals surface area contributed by atoms with Crippen LogP contribution in [-0.2, 0) is 10.0 Å². The van der Waals surface area contributed by atoms with E-state index in [2.05, 4.69) is 4.72 Å². The minimum Gasteiger partial charge on any atom is -0.207 e. The van der Waals surface area contributed by atoms with Crippen molar-refractivity contribution < 1.29 is 17.2 Å². The summed E-state index contributed by atoms with van der Waals surface area (Å²) >= 11 is 5.69. The Labute approximate surface area is 110 Å². The molecule has 0 amide bonds. The number of alkyl halides is 1. The van der Waals surface area contributed by atoms with Crippen molar-refractivity contribution in [1.29, 1.82) is 0 Å². The molecule has 0 bridgehead atoms. The molecule has 3 nitrogen and oxygen atoms in total. The van der Waals surface area contributed by atoms with Gasteiger partial charge in [-0.2, -0.15) is 0 Å². The van der Waals surface area contributed by atoms with Crippen molar-refractivity contribution in [2.75, 3.05) is 5.88 Å². The van der Waals surface area contributed by atoms with Crippen molar-refractivity contribution in [2.45, 2.75) is 30.7 Å². The van der Waals surface area contributed by atoms with Crippen molar-refractivity contribution in [3.8, 4) is 0 Å². The molecule has 0 fully saturated rings. The van der Waals surface area contributed by atoms with Gasteiger partial charge in [0.2, 0.25) is 10.0 Å². The van der Waals surface area contributed by atoms with Crippen molar-refractivity contribution >= 4 is 21.6 Å². The number of halogens is 3. The Balaban J connectivity index is 3.15. The molecule has 0 heterocycles. The van der Waals surface area contributed by atoms with Crippen LogP contribution in [0, 0.1) is 11.6 Å². The molecule has 1 unspecified atom stereocenters. The maximum absolute atomic E-state index is 13.4. The summed E-state index contributed by atoms with van der Waals surface area (Å²) in [4.78, 5) is -0.589. The van der Waals surface area contributed by atoms with Gasteiger partial charge in [-0.15, -0.1) is 11.6 Å². The lowest BCUT2D eigenvalue weighted by molar-refractivity contribution is 0.442. The van der Waals surface area contributed by atoms with Crippen LogP contribution in [0.3, 0.4) is 0 Å². The van der Waals surface area contributed by atoms with E-state index in [0.29, 0.717) is 12.5 Å². The van der Waals surface area contributed by atoms with E-state index in [9.17, 15) is 17.2 Å². The van der Waals surface area contributed by atoms with E-state index in [4.69, 9.17) is 11.6 Å². The first-order valence-electron chi connectivity index (χ1n) is 5.29. The molecule has 1 aromatic carbocycles. The quantitative estimate of drug-likeness (QED) is 0.849. The highest BCUT2D eigenvalue weighted by molar-refractivity contribution is 7.89. The summed E-state index contributed by atoms with van der Waals surface area (Å²) in [5.41, 5.74) is -0.874. The number of nitrogens with one attached hydrogen (secondary N) is 1. The highest BCUT2D eigenvalue weighted by Crippen LogP contribution is 2.20. The molecule has 0 aromatic heterocycles. The molecule has 0 saturated carbocycles. The number of hydrogen-bond acceptors (Lipinski definition) is 2. The first-order valence-corrected chi connectivity index (χ1v) is 7.31. The predicted octanol–water partition coefficient (Wildman–Crippen LogP) is 2.65. The largest absolute Gasteiger partial charge is 0.244 e. The van der Waals surface area contributed by atoms with E-state index in [1.54, 1.807) is 13.8 Å². The van der Waals surface area contributed by atoms with Gasteiger partial charge in [0, 0.05) is 17.5 Å². The van der Waals surface area contributed by atoms with Crippen molar-refractivity contribution in [3.05, 3.63) is 29.8 Å². The highest BCUT2D eigenvalue weighted by Gasteiger charge is 2.30. The van der Waals surface area contributed by atoms with E-state index >= 15 is 0 Å². The minimum absolute atomic E-state index is 0.0472. The normalized spacial score (nSPS) is 15.4. The Morgan fingerprint density at radius 1 is 1.39 bits per heavy atom. The average molecular weight is 298 g/mol. The number of benzene rings is 1. The molecule has 0 aliphatic carbocycles. The summed E-state index contributed by atoms with van der Waals surface area (Å²) in [6.07, 6.45) is 0.443. The van der Waals surface area contributed by atoms with Gasteiger partial charge in [0.1, 0.15) is 16.5 Å². The van der Waals surface area contributed by atoms with Gasteiger partial charge >= 0.3 is 0 Å². The molecule has 102 valence electrons. The smallest absolute Gasteiger partial charge is 0.207 e. The van der Waals surface area contributed by atoms with Crippen LogP contribution >= 0.6 is 11.6 Å². The molecular weight excluding hydrogens is 284 g/mol. The van der Waals surface area contributed by atoms with Crippen molar-refractivity contribution in [1.82, 2.24) is 4.72 Å². The molecule has 1 atom stereocenters. The van der Waals surface area contributed by atoms with Gasteiger partial charge in [-0.3, -0.25) is 0 Å². The number of sulfonamides is 1. The van der Waals surface area contributed by atoms with E-state index in [1.807, 2.05) is 0 Å². The topological polar surface area (TPSA) is 46.2 Å². The molecule has 0 radical (unpaired) electrons. The van der Waals surface area contributed by atoms with Gasteiger partial charge in [-0.05, 0) is 25.5 Å². The third kappa shape index (κ3) is 3.40. The Kier molecular flexibility index (Phi) is 4.69. The molecule has 0 saturated heterocycles. The fraction of sp³-hybridized carbons (Fsp3) is 0.455. The Morgan fingerprint density at radius 3 is 2.44 bits per heavy atom. The van der Waals surface area contributed by atoms with E-state index < -0.39 is 32.1 Å². The molecular formula is C11H14ClF2NO2S. The molecule has 0 spiro atoms. The Bertz CT molecular complexity index is 530. The van der Waals surface area contributed by atoms with Crippen LogP contribution in [0.15, 0.2) is 23.1 Å². The zero-order valence-corrected chi connectivity index (χ0v) is 11.6. The summed E-state index contributed by atoms with van der Waals surface area (Å²) in [6.45, 7) is 3.37. The van der Waals surface area contributed by atoms with Gasteiger partial charge in [-0.1, -0.05) is 6.92 Å². The standard InChI is InChI=1S/C11H14ClF2NO2S/c1-3-11(2,7-12)15-18(16,17)10-5-4-8(13)6-9(10)14/h4-6,15H,3,7H2,1-2H3. The Hall–Kier alpha value is -0.720. The molecule has 1 aromatic rings. The zero-order chi connectivity index (χ0) is 14.0. The lowest BCUT2D eigenvalue weighted by Crippen LogP contribution is -2.47. The summed E-state index contributed by atoms with van der Waals surface area (Å²) in [7, 11) is -4.07. The first kappa shape index (κ1) is 15.3. The third-order valence-electron chi connectivity index (χ3n) is 2.64. The number of hydrogen-bond donors (Lipinski definition) is 1. The monoisotopic (exact) mass is 297 g/mol. The van der Waals surface area contributed by atoms with Crippen LogP contribution in [0.25, 0.3) is 0 Å². The van der Waals surface area contributed by atoms with Crippen molar-refractivity contribution in [3.63, 3.8) is 0 Å². The van der Waals surface area contributed by atoms with Crippen LogP contribution in [0.1, 0.15) is 20.3 Å². The van der Waals surface area contributed by atoms with E-state index in [-0.39, 0.29) is 5.88 Å². The molecule has 7 heteroatoms. The minimum atomic E-state index is -4.07. The fourth-order valence-electron chi connectivity index (χ4n) is 1.27. The second-order valence-corrected chi connectivity index (χ2v) is 6.15. The molecule has 0 aliphatic rings. The highest BCUT2D eigenvalue weighted by atomic mass is 35.5. The van der Waals surface area contributed by atoms with E-state index in [1.165, 1.54) is 0 Å². The zero-order valence-electron chi connectivity index (χ0n) is 10.0. The van der Waals surface area contributed by atoms with Gasteiger partial charge in [0.15, 0.2) is 0 Å². The van der Waals surface area contributed by atoms with Crippen LogP contribution in [0.5, 0.6) is 0 Å². The van der Waals surface area contributed by atoms with Crippen molar-refractivity contribution in [2.24, 2.45) is 0 Å². The molecule has 1 N–H and O–H groups in total. The summed E-state index contributed by atoms with van der Waals surface area (Å²) in [5.74, 6) is -1.91. The van der Waals surface area contributed by atoms with Crippen LogP contribution in [0.4, 0.5) is 8.78 Å². The average Bonchev–Trinajstić information content (AvgIpc) is 2.27. The summed E-state index contributed by atoms with van der Waals surface area (Å²) in [5, 5.41) is 0. The maximum Gasteiger partial charge on any atom is 0.244 e. The van der Waals surface area contributed by atoms with Gasteiger partial charge in [0.25, 0.3) is 0 Å². The SMILES string of the molecule is CCC(C)(CCl)NS(=O)(=O)c1ccc(F)cc1F.